The predicted octanol–water partition coefficient (Wildman–Crippen LogP) is 1.40. The van der Waals surface area contributed by atoms with Crippen molar-refractivity contribution < 1.29 is 0 Å². The Labute approximate surface area is 147 Å². The molecular formula is C14H11BrN6O2S. The van der Waals surface area contributed by atoms with Crippen LogP contribution in [0.4, 0.5) is 0 Å². The minimum absolute atomic E-state index is 0.347. The monoisotopic (exact) mass is 406 g/mol. The average molecular weight is 407 g/mol. The van der Waals surface area contributed by atoms with Crippen LogP contribution in [0.3, 0.4) is 0 Å². The van der Waals surface area contributed by atoms with Crippen LogP contribution >= 0.6 is 27.7 Å². The molecule has 0 aliphatic carbocycles. The summed E-state index contributed by atoms with van der Waals surface area (Å²) >= 11 is 4.57. The fourth-order valence-electron chi connectivity index (χ4n) is 2.78. The normalized spacial score (nSPS) is 11.7. The van der Waals surface area contributed by atoms with Gasteiger partial charge in [0.25, 0.3) is 5.56 Å². The van der Waals surface area contributed by atoms with Gasteiger partial charge < -0.3 is 4.57 Å². The first-order valence-electron chi connectivity index (χ1n) is 6.95. The highest BCUT2D eigenvalue weighted by molar-refractivity contribution is 9.10. The zero-order chi connectivity index (χ0) is 17.2. The van der Waals surface area contributed by atoms with Crippen LogP contribution in [0.5, 0.6) is 0 Å². The van der Waals surface area contributed by atoms with Crippen LogP contribution in [0.25, 0.3) is 33.6 Å². The molecular weight excluding hydrogens is 396 g/mol. The Bertz CT molecular complexity index is 1250. The zero-order valence-electron chi connectivity index (χ0n) is 12.9. The van der Waals surface area contributed by atoms with Gasteiger partial charge in [-0.3, -0.25) is 13.9 Å². The molecule has 0 radical (unpaired) electrons. The summed E-state index contributed by atoms with van der Waals surface area (Å²) < 4.78 is 13.6. The third-order valence-electron chi connectivity index (χ3n) is 4.08. The number of nitrogens with zero attached hydrogens (tertiary/aromatic N) is 6. The van der Waals surface area contributed by atoms with Crippen molar-refractivity contribution >= 4 is 49.9 Å². The van der Waals surface area contributed by atoms with E-state index in [-0.39, 0.29) is 5.56 Å². The second-order valence-corrected chi connectivity index (χ2v) is 6.81. The number of benzene rings is 1. The van der Waals surface area contributed by atoms with Crippen LogP contribution in [0.15, 0.2) is 26.2 Å². The fraction of sp³-hybridized carbons (Fsp3) is 0.214. The summed E-state index contributed by atoms with van der Waals surface area (Å²) in [5, 5.41) is 0. The Morgan fingerprint density at radius 2 is 1.71 bits per heavy atom. The molecule has 122 valence electrons. The van der Waals surface area contributed by atoms with E-state index in [4.69, 9.17) is 0 Å². The van der Waals surface area contributed by atoms with E-state index in [1.165, 1.54) is 11.6 Å². The van der Waals surface area contributed by atoms with Gasteiger partial charge in [0.15, 0.2) is 11.2 Å². The van der Waals surface area contributed by atoms with Crippen LogP contribution in [0, 0.1) is 0 Å². The summed E-state index contributed by atoms with van der Waals surface area (Å²) in [6.45, 7) is 0. The van der Waals surface area contributed by atoms with Gasteiger partial charge in [0.1, 0.15) is 16.9 Å². The summed E-state index contributed by atoms with van der Waals surface area (Å²) in [5.41, 5.74) is 2.14. The molecule has 0 fully saturated rings. The van der Waals surface area contributed by atoms with Crippen LogP contribution in [-0.4, -0.2) is 27.4 Å². The molecule has 1 aromatic carbocycles. The van der Waals surface area contributed by atoms with E-state index < -0.39 is 5.69 Å². The van der Waals surface area contributed by atoms with E-state index in [0.717, 1.165) is 31.8 Å². The minimum atomic E-state index is -0.409. The molecule has 0 amide bonds. The molecule has 0 N–H and O–H groups in total. The van der Waals surface area contributed by atoms with Crippen molar-refractivity contribution in [2.75, 3.05) is 0 Å². The van der Waals surface area contributed by atoms with Crippen molar-refractivity contribution in [1.29, 1.82) is 0 Å². The molecule has 0 saturated heterocycles. The number of rotatable bonds is 1. The van der Waals surface area contributed by atoms with Crippen molar-refractivity contribution in [1.82, 2.24) is 27.4 Å². The standard InChI is InChI=1S/C14H11BrN6O2S/c1-19-10-12(20(2)14(23)21(3)13(10)22)16-11(19)6-4-5-7(15)9-8(6)17-24-18-9/h4-5H,1-3H3. The van der Waals surface area contributed by atoms with Crippen LogP contribution < -0.4 is 11.2 Å². The van der Waals surface area contributed by atoms with Gasteiger partial charge in [-0.05, 0) is 28.1 Å². The molecule has 0 spiro atoms. The second kappa shape index (κ2) is 5.08. The highest BCUT2D eigenvalue weighted by Gasteiger charge is 2.20. The Balaban J connectivity index is 2.17. The number of hydrogen-bond acceptors (Lipinski definition) is 6. The molecule has 0 aliphatic rings. The summed E-state index contributed by atoms with van der Waals surface area (Å²) in [7, 11) is 4.81. The summed E-state index contributed by atoms with van der Waals surface area (Å²) in [4.78, 5) is 29.2. The highest BCUT2D eigenvalue weighted by Crippen LogP contribution is 2.32. The smallest absolute Gasteiger partial charge is 0.321 e. The van der Waals surface area contributed by atoms with Crippen molar-refractivity contribution in [3.8, 4) is 11.4 Å². The molecule has 8 nitrogen and oxygen atoms in total. The second-order valence-electron chi connectivity index (χ2n) is 5.43. The maximum Gasteiger partial charge on any atom is 0.332 e. The largest absolute Gasteiger partial charge is 0.332 e. The maximum absolute atomic E-state index is 12.5. The minimum Gasteiger partial charge on any atom is -0.321 e. The van der Waals surface area contributed by atoms with Gasteiger partial charge in [-0.25, -0.2) is 9.78 Å². The summed E-state index contributed by atoms with van der Waals surface area (Å²) in [5.74, 6) is 0.563. The molecule has 3 heterocycles. The number of fused-ring (bicyclic) bond motifs is 2. The van der Waals surface area contributed by atoms with Gasteiger partial charge >= 0.3 is 5.69 Å². The van der Waals surface area contributed by atoms with Crippen LogP contribution in [0.2, 0.25) is 0 Å². The third-order valence-corrected chi connectivity index (χ3v) is 5.25. The maximum atomic E-state index is 12.5. The molecule has 10 heteroatoms. The highest BCUT2D eigenvalue weighted by atomic mass is 79.9. The van der Waals surface area contributed by atoms with Gasteiger partial charge in [0, 0.05) is 31.2 Å². The first kappa shape index (κ1) is 15.2. The lowest BCUT2D eigenvalue weighted by molar-refractivity contribution is 0.705. The molecule has 3 aromatic heterocycles. The summed E-state index contributed by atoms with van der Waals surface area (Å²) in [6.07, 6.45) is 0. The van der Waals surface area contributed by atoms with Gasteiger partial charge in [-0.1, -0.05) is 0 Å². The van der Waals surface area contributed by atoms with Crippen LogP contribution in [-0.2, 0) is 21.1 Å². The Kier molecular flexibility index (Phi) is 3.22. The lowest BCUT2D eigenvalue weighted by atomic mass is 10.1. The molecule has 4 rings (SSSR count). The van der Waals surface area contributed by atoms with Crippen molar-refractivity contribution in [2.24, 2.45) is 21.1 Å². The molecule has 24 heavy (non-hydrogen) atoms. The van der Waals surface area contributed by atoms with Gasteiger partial charge in [0.05, 0.1) is 11.7 Å². The fourth-order valence-corrected chi connectivity index (χ4v) is 3.88. The number of hydrogen-bond donors (Lipinski definition) is 0. The Hall–Kier alpha value is -2.33. The van der Waals surface area contributed by atoms with Crippen molar-refractivity contribution in [3.05, 3.63) is 37.4 Å². The zero-order valence-corrected chi connectivity index (χ0v) is 15.3. The topological polar surface area (TPSA) is 87.6 Å². The molecule has 0 aliphatic heterocycles. The molecule has 0 saturated carbocycles. The lowest BCUT2D eigenvalue weighted by Gasteiger charge is -2.04. The quantitative estimate of drug-likeness (QED) is 0.476. The lowest BCUT2D eigenvalue weighted by Crippen LogP contribution is -2.37. The average Bonchev–Trinajstić information content (AvgIpc) is 3.17. The Morgan fingerprint density at radius 1 is 1.00 bits per heavy atom. The number of aromatic nitrogens is 6. The Morgan fingerprint density at radius 3 is 2.46 bits per heavy atom. The first-order chi connectivity index (χ1) is 11.4. The molecule has 0 unspecified atom stereocenters. The number of imidazole rings is 1. The van der Waals surface area contributed by atoms with Gasteiger partial charge in [-0.15, -0.1) is 0 Å². The van der Waals surface area contributed by atoms with E-state index in [0.29, 0.717) is 22.5 Å². The molecule has 4 aromatic rings. The van der Waals surface area contributed by atoms with Gasteiger partial charge in [-0.2, -0.15) is 8.75 Å². The van der Waals surface area contributed by atoms with Crippen LogP contribution in [0.1, 0.15) is 0 Å². The van der Waals surface area contributed by atoms with E-state index >= 15 is 0 Å². The van der Waals surface area contributed by atoms with E-state index in [1.54, 1.807) is 18.7 Å². The number of halogens is 1. The van der Waals surface area contributed by atoms with E-state index in [1.807, 2.05) is 12.1 Å². The predicted molar refractivity (Wildman–Crippen MR) is 95.3 cm³/mol. The third kappa shape index (κ3) is 1.86. The van der Waals surface area contributed by atoms with Crippen molar-refractivity contribution in [3.63, 3.8) is 0 Å². The van der Waals surface area contributed by atoms with E-state index in [9.17, 15) is 9.59 Å². The van der Waals surface area contributed by atoms with E-state index in [2.05, 4.69) is 29.7 Å². The SMILES string of the molecule is Cn1c(=O)c2c(nc(-c3ccc(Br)c4nsnc34)n2C)n(C)c1=O. The molecule has 0 bridgehead atoms. The van der Waals surface area contributed by atoms with Crippen molar-refractivity contribution in [2.45, 2.75) is 0 Å². The van der Waals surface area contributed by atoms with Gasteiger partial charge in [0.2, 0.25) is 0 Å². The number of aryl methyl sites for hydroxylation is 2. The summed E-state index contributed by atoms with van der Waals surface area (Å²) in [6, 6.07) is 3.74. The molecule has 0 atom stereocenters. The first-order valence-corrected chi connectivity index (χ1v) is 8.47.